The van der Waals surface area contributed by atoms with Gasteiger partial charge in [-0.25, -0.2) is 4.98 Å². The molecule has 0 aliphatic heterocycles. The molecule has 5 aromatic rings. The number of nitrogens with one attached hydrogen (secondary N) is 1. The van der Waals surface area contributed by atoms with Crippen molar-refractivity contribution in [1.82, 2.24) is 15.0 Å². The van der Waals surface area contributed by atoms with Crippen molar-refractivity contribution in [3.05, 3.63) is 94.9 Å². The molecule has 5 nitrogen and oxygen atoms in total. The van der Waals surface area contributed by atoms with Crippen LogP contribution in [0.2, 0.25) is 0 Å². The van der Waals surface area contributed by atoms with Gasteiger partial charge in [-0.2, -0.15) is 5.26 Å². The van der Waals surface area contributed by atoms with E-state index in [1.807, 2.05) is 66.7 Å². The number of nitriles is 1. The molecule has 0 fully saturated rings. The zero-order valence-electron chi connectivity index (χ0n) is 15.3. The average Bonchev–Trinajstić information content (AvgIpc) is 2.78. The first kappa shape index (κ1) is 16.8. The zero-order chi connectivity index (χ0) is 19.8. The van der Waals surface area contributed by atoms with E-state index in [0.29, 0.717) is 11.0 Å². The van der Waals surface area contributed by atoms with Crippen molar-refractivity contribution in [3.8, 4) is 28.5 Å². The van der Waals surface area contributed by atoms with Gasteiger partial charge in [0.1, 0.15) is 17.4 Å². The van der Waals surface area contributed by atoms with Crippen LogP contribution in [0.5, 0.6) is 0 Å². The second kappa shape index (κ2) is 6.70. The fourth-order valence-electron chi connectivity index (χ4n) is 3.51. The number of rotatable bonds is 2. The van der Waals surface area contributed by atoms with Crippen LogP contribution in [0.3, 0.4) is 0 Å². The van der Waals surface area contributed by atoms with Crippen LogP contribution in [0, 0.1) is 11.3 Å². The predicted octanol–water partition coefficient (Wildman–Crippen LogP) is 4.68. The summed E-state index contributed by atoms with van der Waals surface area (Å²) in [5.41, 5.74) is 4.74. The number of hydrogen-bond acceptors (Lipinski definition) is 4. The van der Waals surface area contributed by atoms with E-state index in [2.05, 4.69) is 16.0 Å². The van der Waals surface area contributed by atoms with Crippen LogP contribution in [0.15, 0.2) is 83.8 Å². The van der Waals surface area contributed by atoms with Gasteiger partial charge >= 0.3 is 0 Å². The van der Waals surface area contributed by atoms with E-state index in [9.17, 15) is 10.1 Å². The second-order valence-electron chi connectivity index (χ2n) is 6.72. The fraction of sp³-hybridized carbons (Fsp3) is 0. The Kier molecular flexibility index (Phi) is 3.89. The van der Waals surface area contributed by atoms with Crippen molar-refractivity contribution in [2.75, 3.05) is 0 Å². The Bertz CT molecular complexity index is 1480. The van der Waals surface area contributed by atoms with Gasteiger partial charge in [0.2, 0.25) is 0 Å². The minimum Gasteiger partial charge on any atom is -0.331 e. The van der Waals surface area contributed by atoms with Crippen LogP contribution in [0.1, 0.15) is 5.69 Å². The SMILES string of the molecule is N#Cc1cc(=O)c2cc(-c3ccc4ncccc4c3)c(-c3ccccc3)nc2[nH]1. The summed E-state index contributed by atoms with van der Waals surface area (Å²) in [4.78, 5) is 24.7. The Labute approximate surface area is 165 Å². The van der Waals surface area contributed by atoms with E-state index in [4.69, 9.17) is 4.98 Å². The third-order valence-electron chi connectivity index (χ3n) is 4.90. The van der Waals surface area contributed by atoms with E-state index < -0.39 is 0 Å². The lowest BCUT2D eigenvalue weighted by molar-refractivity contribution is 1.24. The molecule has 0 aliphatic rings. The third kappa shape index (κ3) is 2.93. The number of benzene rings is 2. The van der Waals surface area contributed by atoms with Gasteiger partial charge in [-0.1, -0.05) is 42.5 Å². The van der Waals surface area contributed by atoms with Crippen molar-refractivity contribution in [3.63, 3.8) is 0 Å². The molecule has 5 heteroatoms. The van der Waals surface area contributed by atoms with Crippen molar-refractivity contribution < 1.29 is 0 Å². The van der Waals surface area contributed by atoms with Gasteiger partial charge in [-0.15, -0.1) is 0 Å². The molecule has 1 N–H and O–H groups in total. The Balaban J connectivity index is 1.86. The minimum absolute atomic E-state index is 0.193. The molecule has 2 aromatic carbocycles. The lowest BCUT2D eigenvalue weighted by Crippen LogP contribution is -2.06. The highest BCUT2D eigenvalue weighted by Crippen LogP contribution is 2.33. The summed E-state index contributed by atoms with van der Waals surface area (Å²) in [5, 5.41) is 10.6. The number of H-pyrrole nitrogens is 1. The summed E-state index contributed by atoms with van der Waals surface area (Å²) in [6.45, 7) is 0. The van der Waals surface area contributed by atoms with Crippen LogP contribution >= 0.6 is 0 Å². The molecule has 0 saturated carbocycles. The first-order valence-corrected chi connectivity index (χ1v) is 9.12. The monoisotopic (exact) mass is 374 g/mol. The van der Waals surface area contributed by atoms with Crippen LogP contribution in [0.4, 0.5) is 0 Å². The summed E-state index contributed by atoms with van der Waals surface area (Å²) in [5.74, 6) is 0. The highest BCUT2D eigenvalue weighted by molar-refractivity contribution is 5.93. The first-order chi connectivity index (χ1) is 14.2. The van der Waals surface area contributed by atoms with Gasteiger partial charge in [0.05, 0.1) is 16.6 Å². The molecule has 5 rings (SSSR count). The molecule has 3 aromatic heterocycles. The van der Waals surface area contributed by atoms with E-state index in [1.165, 1.54) is 6.07 Å². The summed E-state index contributed by atoms with van der Waals surface area (Å²) >= 11 is 0. The van der Waals surface area contributed by atoms with Crippen molar-refractivity contribution >= 4 is 21.9 Å². The van der Waals surface area contributed by atoms with Crippen molar-refractivity contribution in [2.24, 2.45) is 0 Å². The van der Waals surface area contributed by atoms with E-state index in [0.717, 1.165) is 33.3 Å². The lowest BCUT2D eigenvalue weighted by Gasteiger charge is -2.12. The number of fused-ring (bicyclic) bond motifs is 2. The van der Waals surface area contributed by atoms with Crippen LogP contribution in [-0.4, -0.2) is 15.0 Å². The molecule has 0 amide bonds. The van der Waals surface area contributed by atoms with E-state index in [-0.39, 0.29) is 11.1 Å². The number of pyridine rings is 3. The highest BCUT2D eigenvalue weighted by atomic mass is 16.1. The van der Waals surface area contributed by atoms with Gasteiger partial charge in [0, 0.05) is 28.8 Å². The van der Waals surface area contributed by atoms with Gasteiger partial charge in [0.25, 0.3) is 0 Å². The topological polar surface area (TPSA) is 82.4 Å². The molecule has 0 radical (unpaired) electrons. The number of aromatic amines is 1. The Morgan fingerprint density at radius 1 is 0.897 bits per heavy atom. The molecule has 0 atom stereocenters. The second-order valence-corrected chi connectivity index (χ2v) is 6.72. The Morgan fingerprint density at radius 3 is 2.59 bits per heavy atom. The highest BCUT2D eigenvalue weighted by Gasteiger charge is 2.14. The first-order valence-electron chi connectivity index (χ1n) is 9.12. The maximum Gasteiger partial charge on any atom is 0.192 e. The van der Waals surface area contributed by atoms with Gasteiger partial charge in [-0.05, 0) is 29.8 Å². The fourth-order valence-corrected chi connectivity index (χ4v) is 3.51. The van der Waals surface area contributed by atoms with E-state index >= 15 is 0 Å². The van der Waals surface area contributed by atoms with Crippen molar-refractivity contribution in [2.45, 2.75) is 0 Å². The number of hydrogen-bond donors (Lipinski definition) is 1. The molecule has 0 spiro atoms. The van der Waals surface area contributed by atoms with Crippen LogP contribution < -0.4 is 5.43 Å². The summed E-state index contributed by atoms with van der Waals surface area (Å²) in [7, 11) is 0. The largest absolute Gasteiger partial charge is 0.331 e. The number of nitrogens with zero attached hydrogens (tertiary/aromatic N) is 3. The molecule has 0 saturated heterocycles. The third-order valence-corrected chi connectivity index (χ3v) is 4.90. The maximum atomic E-state index is 12.6. The standard InChI is InChI=1S/C24H14N4O/c25-14-18-12-22(29)20-13-19(16-8-9-21-17(11-16)7-4-10-26-21)23(28-24(20)27-18)15-5-2-1-3-6-15/h1-13H,(H,27,28,29). The molecule has 136 valence electrons. The summed E-state index contributed by atoms with van der Waals surface area (Å²) in [6.07, 6.45) is 1.77. The molecule has 29 heavy (non-hydrogen) atoms. The normalized spacial score (nSPS) is 10.9. The average molecular weight is 374 g/mol. The smallest absolute Gasteiger partial charge is 0.192 e. The molecule has 0 aliphatic carbocycles. The quantitative estimate of drug-likeness (QED) is 0.486. The summed E-state index contributed by atoms with van der Waals surface area (Å²) in [6, 6.07) is 24.9. The Morgan fingerprint density at radius 2 is 1.76 bits per heavy atom. The van der Waals surface area contributed by atoms with E-state index in [1.54, 1.807) is 6.20 Å². The lowest BCUT2D eigenvalue weighted by atomic mass is 9.97. The van der Waals surface area contributed by atoms with Crippen LogP contribution in [-0.2, 0) is 0 Å². The van der Waals surface area contributed by atoms with Gasteiger partial charge in [0.15, 0.2) is 5.43 Å². The van der Waals surface area contributed by atoms with Gasteiger partial charge < -0.3 is 4.98 Å². The molecule has 0 bridgehead atoms. The minimum atomic E-state index is -0.230. The van der Waals surface area contributed by atoms with Gasteiger partial charge in [-0.3, -0.25) is 9.78 Å². The molecule has 0 unspecified atom stereocenters. The number of aromatic nitrogens is 3. The molecular formula is C24H14N4O. The van der Waals surface area contributed by atoms with Crippen molar-refractivity contribution in [1.29, 1.82) is 5.26 Å². The zero-order valence-corrected chi connectivity index (χ0v) is 15.3. The summed E-state index contributed by atoms with van der Waals surface area (Å²) < 4.78 is 0. The maximum absolute atomic E-state index is 12.6. The Hall–Kier alpha value is -4.30. The molecule has 3 heterocycles. The predicted molar refractivity (Wildman–Crippen MR) is 113 cm³/mol. The van der Waals surface area contributed by atoms with Crippen LogP contribution in [0.25, 0.3) is 44.3 Å². The molecular weight excluding hydrogens is 360 g/mol.